The normalized spacial score (nSPS) is 11.8. The van der Waals surface area contributed by atoms with Crippen LogP contribution < -0.4 is 14.4 Å². The van der Waals surface area contributed by atoms with Crippen LogP contribution in [0.3, 0.4) is 0 Å². The molecule has 0 spiro atoms. The zero-order valence-corrected chi connectivity index (χ0v) is 27.9. The number of sulfonamides is 1. The van der Waals surface area contributed by atoms with Crippen molar-refractivity contribution in [3.63, 3.8) is 0 Å². The summed E-state index contributed by atoms with van der Waals surface area (Å²) in [5.41, 5.74) is 1.81. The maximum atomic E-state index is 14.3. The fraction of sp³-hybridized carbons (Fsp3) is 0.278. The zero-order chi connectivity index (χ0) is 33.1. The first-order valence-corrected chi connectivity index (χ1v) is 17.2. The first-order valence-electron chi connectivity index (χ1n) is 15.4. The van der Waals surface area contributed by atoms with Crippen LogP contribution in [0.2, 0.25) is 5.02 Å². The van der Waals surface area contributed by atoms with Crippen molar-refractivity contribution >= 4 is 39.1 Å². The lowest BCUT2D eigenvalue weighted by Crippen LogP contribution is -2.52. The van der Waals surface area contributed by atoms with Gasteiger partial charge in [-0.3, -0.25) is 13.9 Å². The molecule has 0 aliphatic heterocycles. The van der Waals surface area contributed by atoms with E-state index in [1.54, 1.807) is 60.7 Å². The van der Waals surface area contributed by atoms with Gasteiger partial charge in [-0.1, -0.05) is 86.0 Å². The van der Waals surface area contributed by atoms with Gasteiger partial charge in [0.1, 0.15) is 24.1 Å². The molecule has 0 aliphatic rings. The van der Waals surface area contributed by atoms with Gasteiger partial charge in [0.2, 0.25) is 11.8 Å². The molecule has 0 bridgehead atoms. The second kappa shape index (κ2) is 16.3. The first-order chi connectivity index (χ1) is 22.1. The van der Waals surface area contributed by atoms with Gasteiger partial charge in [0.25, 0.3) is 10.0 Å². The minimum atomic E-state index is -4.20. The summed E-state index contributed by atoms with van der Waals surface area (Å²) in [4.78, 5) is 29.1. The molecule has 2 amide bonds. The molecule has 0 saturated heterocycles. The van der Waals surface area contributed by atoms with Crippen molar-refractivity contribution in [3.05, 3.63) is 119 Å². The summed E-state index contributed by atoms with van der Waals surface area (Å²) < 4.78 is 35.3. The van der Waals surface area contributed by atoms with Gasteiger partial charge in [0.05, 0.1) is 10.6 Å². The number of carbonyl (C=O) groups excluding carboxylic acids is 2. The lowest BCUT2D eigenvalue weighted by atomic mass is 10.1. The minimum Gasteiger partial charge on any atom is -0.457 e. The Hall–Kier alpha value is -4.34. The molecule has 46 heavy (non-hydrogen) atoms. The average Bonchev–Trinajstić information content (AvgIpc) is 3.05. The van der Waals surface area contributed by atoms with Gasteiger partial charge in [-0.05, 0) is 79.9 Å². The van der Waals surface area contributed by atoms with Gasteiger partial charge < -0.3 is 15.0 Å². The number of hydrogen-bond donors (Lipinski definition) is 1. The molecule has 0 fully saturated rings. The molecule has 0 aliphatic carbocycles. The van der Waals surface area contributed by atoms with E-state index in [0.717, 1.165) is 22.7 Å². The van der Waals surface area contributed by atoms with Crippen LogP contribution in [0.15, 0.2) is 108 Å². The van der Waals surface area contributed by atoms with Crippen molar-refractivity contribution in [1.82, 2.24) is 10.2 Å². The number of hydrogen-bond acceptors (Lipinski definition) is 5. The van der Waals surface area contributed by atoms with Crippen molar-refractivity contribution in [2.75, 3.05) is 17.4 Å². The highest BCUT2D eigenvalue weighted by Gasteiger charge is 2.34. The highest BCUT2D eigenvalue weighted by Crippen LogP contribution is 2.29. The molecule has 0 heterocycles. The molecule has 1 atom stereocenters. The zero-order valence-electron chi connectivity index (χ0n) is 26.4. The number of benzene rings is 4. The van der Waals surface area contributed by atoms with E-state index in [-0.39, 0.29) is 23.0 Å². The molecule has 0 aromatic heterocycles. The van der Waals surface area contributed by atoms with Crippen LogP contribution in [-0.4, -0.2) is 44.3 Å². The van der Waals surface area contributed by atoms with Crippen molar-refractivity contribution < 1.29 is 22.7 Å². The van der Waals surface area contributed by atoms with E-state index in [1.165, 1.54) is 17.0 Å². The van der Waals surface area contributed by atoms with E-state index in [4.69, 9.17) is 16.3 Å². The van der Waals surface area contributed by atoms with E-state index in [2.05, 4.69) is 5.32 Å². The number of rotatable bonds is 15. The molecule has 4 aromatic rings. The third kappa shape index (κ3) is 8.89. The summed E-state index contributed by atoms with van der Waals surface area (Å²) in [7, 11) is -4.20. The molecular formula is C36H40ClN3O5S. The van der Waals surface area contributed by atoms with Gasteiger partial charge >= 0.3 is 0 Å². The maximum absolute atomic E-state index is 14.3. The average molecular weight is 662 g/mol. The van der Waals surface area contributed by atoms with E-state index in [1.807, 2.05) is 51.1 Å². The van der Waals surface area contributed by atoms with Gasteiger partial charge in [-0.15, -0.1) is 0 Å². The summed E-state index contributed by atoms with van der Waals surface area (Å²) in [6.07, 6.45) is 2.03. The lowest BCUT2D eigenvalue weighted by molar-refractivity contribution is -0.140. The number of aryl methyl sites for hydroxylation is 1. The Balaban J connectivity index is 1.72. The lowest BCUT2D eigenvalue weighted by Gasteiger charge is -2.33. The Morgan fingerprint density at radius 2 is 1.48 bits per heavy atom. The van der Waals surface area contributed by atoms with Crippen LogP contribution in [0.25, 0.3) is 0 Å². The fourth-order valence-corrected chi connectivity index (χ4v) is 6.52. The summed E-state index contributed by atoms with van der Waals surface area (Å²) >= 11 is 6.49. The third-order valence-electron chi connectivity index (χ3n) is 7.51. The maximum Gasteiger partial charge on any atom is 0.264 e. The molecular weight excluding hydrogens is 622 g/mol. The summed E-state index contributed by atoms with van der Waals surface area (Å²) in [5.74, 6) is 0.293. The second-order valence-electron chi connectivity index (χ2n) is 10.9. The molecule has 8 nitrogen and oxygen atoms in total. The largest absolute Gasteiger partial charge is 0.457 e. The Bertz CT molecular complexity index is 1700. The van der Waals surface area contributed by atoms with Gasteiger partial charge in [0, 0.05) is 18.1 Å². The fourth-order valence-electron chi connectivity index (χ4n) is 4.91. The molecule has 4 rings (SSSR count). The molecule has 242 valence electrons. The summed E-state index contributed by atoms with van der Waals surface area (Å²) in [6.45, 7) is 5.68. The van der Waals surface area contributed by atoms with E-state index in [0.29, 0.717) is 35.1 Å². The molecule has 1 N–H and O–H groups in total. The van der Waals surface area contributed by atoms with Crippen LogP contribution in [0.4, 0.5) is 5.69 Å². The number of nitrogens with zero attached hydrogens (tertiary/aromatic N) is 2. The van der Waals surface area contributed by atoms with E-state index < -0.39 is 28.5 Å². The number of unbranched alkanes of at least 4 members (excludes halogenated alkanes) is 1. The van der Waals surface area contributed by atoms with Crippen molar-refractivity contribution in [2.24, 2.45) is 0 Å². The predicted octanol–water partition coefficient (Wildman–Crippen LogP) is 7.36. The van der Waals surface area contributed by atoms with Crippen molar-refractivity contribution in [2.45, 2.75) is 57.5 Å². The Morgan fingerprint density at radius 1 is 0.848 bits per heavy atom. The standard InChI is InChI=1S/C36H40ClN3O5S/c1-4-6-24-38-36(42)34(5-2)39(25-28-12-10-11-15-33(28)37)35(41)26-40(46(43,44)32-22-16-27(3)17-23-32)29-18-20-31(21-19-29)45-30-13-8-7-9-14-30/h7-23,34H,4-6,24-26H2,1-3H3,(H,38,42)/t34-/m0/s1. The number of carbonyl (C=O) groups is 2. The molecule has 0 radical (unpaired) electrons. The summed E-state index contributed by atoms with van der Waals surface area (Å²) in [6, 6.07) is 28.5. The number of amides is 2. The predicted molar refractivity (Wildman–Crippen MR) is 183 cm³/mol. The van der Waals surface area contributed by atoms with E-state index in [9.17, 15) is 18.0 Å². The Labute approximate surface area is 277 Å². The molecule has 4 aromatic carbocycles. The van der Waals surface area contributed by atoms with Crippen LogP contribution in [-0.2, 0) is 26.2 Å². The van der Waals surface area contributed by atoms with Crippen LogP contribution in [0.1, 0.15) is 44.2 Å². The van der Waals surface area contributed by atoms with E-state index >= 15 is 0 Å². The monoisotopic (exact) mass is 661 g/mol. The number of ether oxygens (including phenoxy) is 1. The third-order valence-corrected chi connectivity index (χ3v) is 9.66. The van der Waals surface area contributed by atoms with Crippen LogP contribution >= 0.6 is 11.6 Å². The molecule has 10 heteroatoms. The van der Waals surface area contributed by atoms with Crippen molar-refractivity contribution in [3.8, 4) is 11.5 Å². The topological polar surface area (TPSA) is 96.0 Å². The Morgan fingerprint density at radius 3 is 2.11 bits per heavy atom. The van der Waals surface area contributed by atoms with Gasteiger partial charge in [-0.2, -0.15) is 0 Å². The quantitative estimate of drug-likeness (QED) is 0.134. The van der Waals surface area contributed by atoms with Crippen LogP contribution in [0, 0.1) is 6.92 Å². The molecule has 0 unspecified atom stereocenters. The first kappa shape index (κ1) is 34.5. The second-order valence-corrected chi connectivity index (χ2v) is 13.2. The highest BCUT2D eigenvalue weighted by atomic mass is 35.5. The van der Waals surface area contributed by atoms with Gasteiger partial charge in [0.15, 0.2) is 0 Å². The number of halogens is 1. The SMILES string of the molecule is CCCCNC(=O)[C@H](CC)N(Cc1ccccc1Cl)C(=O)CN(c1ccc(Oc2ccccc2)cc1)S(=O)(=O)c1ccc(C)cc1. The minimum absolute atomic E-state index is 0.0283. The Kier molecular flexibility index (Phi) is 12.2. The van der Waals surface area contributed by atoms with Crippen LogP contribution in [0.5, 0.6) is 11.5 Å². The number of nitrogens with one attached hydrogen (secondary N) is 1. The summed E-state index contributed by atoms with van der Waals surface area (Å²) in [5, 5.41) is 3.38. The highest BCUT2D eigenvalue weighted by molar-refractivity contribution is 7.92. The van der Waals surface area contributed by atoms with Crippen molar-refractivity contribution in [1.29, 1.82) is 0 Å². The number of para-hydroxylation sites is 1. The number of anilines is 1. The smallest absolute Gasteiger partial charge is 0.264 e. The molecule has 0 saturated carbocycles. The van der Waals surface area contributed by atoms with Gasteiger partial charge in [-0.25, -0.2) is 8.42 Å².